The van der Waals surface area contributed by atoms with Crippen LogP contribution in [-0.2, 0) is 9.53 Å². The van der Waals surface area contributed by atoms with Gasteiger partial charge in [0.1, 0.15) is 19.0 Å². The van der Waals surface area contributed by atoms with Crippen molar-refractivity contribution < 1.29 is 14.3 Å². The molecule has 0 aliphatic carbocycles. The van der Waals surface area contributed by atoms with Crippen LogP contribution >= 0.6 is 0 Å². The van der Waals surface area contributed by atoms with Crippen LogP contribution in [0, 0.1) is 6.92 Å². The summed E-state index contributed by atoms with van der Waals surface area (Å²) in [7, 11) is 1.49. The number of carbonyl (C=O) groups is 1. The maximum absolute atomic E-state index is 11.2. The van der Waals surface area contributed by atoms with Gasteiger partial charge in [-0.25, -0.2) is 0 Å². The van der Waals surface area contributed by atoms with E-state index in [4.69, 9.17) is 9.47 Å². The second-order valence-electron chi connectivity index (χ2n) is 4.03. The molecule has 94 valence electrons. The lowest BCUT2D eigenvalue weighted by Crippen LogP contribution is -2.38. The van der Waals surface area contributed by atoms with Gasteiger partial charge in [-0.3, -0.25) is 4.79 Å². The topological polar surface area (TPSA) is 47.6 Å². The number of hydrogen-bond acceptors (Lipinski definition) is 3. The van der Waals surface area contributed by atoms with E-state index >= 15 is 0 Å². The molecule has 4 heteroatoms. The Morgan fingerprint density at radius 1 is 1.35 bits per heavy atom. The highest BCUT2D eigenvalue weighted by molar-refractivity contribution is 5.77. The summed E-state index contributed by atoms with van der Waals surface area (Å²) in [6.45, 7) is 4.44. The first-order valence-electron chi connectivity index (χ1n) is 5.59. The molecule has 1 atom stereocenters. The Balaban J connectivity index is 2.30. The molecule has 1 aromatic rings. The van der Waals surface area contributed by atoms with Crippen LogP contribution in [0.1, 0.15) is 12.5 Å². The van der Waals surface area contributed by atoms with Gasteiger partial charge in [-0.2, -0.15) is 0 Å². The fourth-order valence-electron chi connectivity index (χ4n) is 1.34. The molecule has 0 radical (unpaired) electrons. The molecule has 0 aliphatic rings. The normalized spacial score (nSPS) is 11.9. The summed E-state index contributed by atoms with van der Waals surface area (Å²) in [4.78, 5) is 11.2. The second-order valence-corrected chi connectivity index (χ2v) is 4.03. The van der Waals surface area contributed by atoms with Gasteiger partial charge in [-0.05, 0) is 26.0 Å². The lowest BCUT2D eigenvalue weighted by molar-refractivity contribution is -0.125. The average molecular weight is 237 g/mol. The van der Waals surface area contributed by atoms with Crippen molar-refractivity contribution in [2.75, 3.05) is 20.3 Å². The second kappa shape index (κ2) is 6.91. The smallest absolute Gasteiger partial charge is 0.246 e. The minimum atomic E-state index is -0.132. The molecule has 0 fully saturated rings. The first kappa shape index (κ1) is 13.5. The Labute approximate surface area is 102 Å². The van der Waals surface area contributed by atoms with E-state index < -0.39 is 0 Å². The van der Waals surface area contributed by atoms with Gasteiger partial charge in [-0.15, -0.1) is 0 Å². The summed E-state index contributed by atoms with van der Waals surface area (Å²) >= 11 is 0. The quantitative estimate of drug-likeness (QED) is 0.816. The van der Waals surface area contributed by atoms with Crippen molar-refractivity contribution >= 4 is 5.91 Å². The Kier molecular flexibility index (Phi) is 5.49. The van der Waals surface area contributed by atoms with Gasteiger partial charge in [0.05, 0.1) is 6.04 Å². The molecule has 0 aromatic heterocycles. The van der Waals surface area contributed by atoms with Crippen molar-refractivity contribution in [3.63, 3.8) is 0 Å². The molecule has 0 saturated carbocycles. The maximum atomic E-state index is 11.2. The zero-order valence-corrected chi connectivity index (χ0v) is 10.5. The van der Waals surface area contributed by atoms with Crippen molar-refractivity contribution in [3.05, 3.63) is 29.8 Å². The molecule has 1 aromatic carbocycles. The Bertz CT molecular complexity index is 348. The highest BCUT2D eigenvalue weighted by atomic mass is 16.5. The van der Waals surface area contributed by atoms with E-state index in [1.165, 1.54) is 12.7 Å². The van der Waals surface area contributed by atoms with E-state index in [-0.39, 0.29) is 18.6 Å². The van der Waals surface area contributed by atoms with E-state index in [9.17, 15) is 4.79 Å². The predicted octanol–water partition coefficient (Wildman–Crippen LogP) is 1.52. The van der Waals surface area contributed by atoms with Gasteiger partial charge in [0.15, 0.2) is 0 Å². The zero-order chi connectivity index (χ0) is 12.7. The first-order valence-corrected chi connectivity index (χ1v) is 5.59. The van der Waals surface area contributed by atoms with Gasteiger partial charge < -0.3 is 14.8 Å². The van der Waals surface area contributed by atoms with Gasteiger partial charge in [0.2, 0.25) is 5.91 Å². The molecule has 1 N–H and O–H groups in total. The summed E-state index contributed by atoms with van der Waals surface area (Å²) in [5.74, 6) is 0.677. The van der Waals surface area contributed by atoms with Crippen LogP contribution in [0.4, 0.5) is 0 Å². The average Bonchev–Trinajstić information content (AvgIpc) is 2.28. The van der Waals surface area contributed by atoms with Crippen LogP contribution in [0.5, 0.6) is 5.75 Å². The van der Waals surface area contributed by atoms with Crippen molar-refractivity contribution in [3.8, 4) is 5.75 Å². The van der Waals surface area contributed by atoms with E-state index in [1.807, 2.05) is 38.1 Å². The monoisotopic (exact) mass is 237 g/mol. The molecule has 0 heterocycles. The van der Waals surface area contributed by atoms with Gasteiger partial charge in [0, 0.05) is 7.11 Å². The van der Waals surface area contributed by atoms with Crippen LogP contribution in [0.15, 0.2) is 24.3 Å². The number of amides is 1. The molecule has 0 saturated heterocycles. The van der Waals surface area contributed by atoms with E-state index in [0.717, 1.165) is 5.75 Å². The number of methoxy groups -OCH3 is 1. The van der Waals surface area contributed by atoms with Crippen molar-refractivity contribution in [2.45, 2.75) is 19.9 Å². The van der Waals surface area contributed by atoms with Crippen molar-refractivity contribution in [1.29, 1.82) is 0 Å². The molecule has 1 unspecified atom stereocenters. The zero-order valence-electron chi connectivity index (χ0n) is 10.5. The van der Waals surface area contributed by atoms with Crippen LogP contribution in [0.25, 0.3) is 0 Å². The molecular weight excluding hydrogens is 218 g/mol. The van der Waals surface area contributed by atoms with Crippen molar-refractivity contribution in [2.24, 2.45) is 0 Å². The molecular formula is C13H19NO3. The molecule has 4 nitrogen and oxygen atoms in total. The summed E-state index contributed by atoms with van der Waals surface area (Å²) in [5, 5.41) is 2.77. The maximum Gasteiger partial charge on any atom is 0.246 e. The van der Waals surface area contributed by atoms with E-state index in [2.05, 4.69) is 5.32 Å². The number of benzene rings is 1. The third-order valence-electron chi connectivity index (χ3n) is 2.20. The van der Waals surface area contributed by atoms with Crippen LogP contribution in [-0.4, -0.2) is 32.3 Å². The minimum absolute atomic E-state index is 0.0426. The Hall–Kier alpha value is -1.55. The van der Waals surface area contributed by atoms with Crippen molar-refractivity contribution in [1.82, 2.24) is 5.32 Å². The largest absolute Gasteiger partial charge is 0.491 e. The lowest BCUT2D eigenvalue weighted by atomic mass is 10.2. The highest BCUT2D eigenvalue weighted by Gasteiger charge is 2.07. The Morgan fingerprint density at radius 3 is 2.59 bits per heavy atom. The number of aryl methyl sites for hydroxylation is 1. The lowest BCUT2D eigenvalue weighted by Gasteiger charge is -2.14. The predicted molar refractivity (Wildman–Crippen MR) is 66.2 cm³/mol. The summed E-state index contributed by atoms with van der Waals surface area (Å²) in [6, 6.07) is 7.77. The highest BCUT2D eigenvalue weighted by Crippen LogP contribution is 2.11. The molecule has 17 heavy (non-hydrogen) atoms. The van der Waals surface area contributed by atoms with Gasteiger partial charge in [-0.1, -0.05) is 17.7 Å². The minimum Gasteiger partial charge on any atom is -0.491 e. The summed E-state index contributed by atoms with van der Waals surface area (Å²) in [5.41, 5.74) is 1.19. The SMILES string of the molecule is COCC(=O)NC(C)COc1ccc(C)cc1. The molecule has 1 rings (SSSR count). The van der Waals surface area contributed by atoms with Crippen LogP contribution in [0.2, 0.25) is 0 Å². The van der Waals surface area contributed by atoms with E-state index in [0.29, 0.717) is 6.61 Å². The standard InChI is InChI=1S/C13H19NO3/c1-10-4-6-12(7-5-10)17-8-11(2)14-13(15)9-16-3/h4-7,11H,8-9H2,1-3H3,(H,14,15). The van der Waals surface area contributed by atoms with E-state index in [1.54, 1.807) is 0 Å². The summed E-state index contributed by atoms with van der Waals surface area (Å²) in [6.07, 6.45) is 0. The third-order valence-corrected chi connectivity index (χ3v) is 2.20. The first-order chi connectivity index (χ1) is 8.11. The van der Waals surface area contributed by atoms with Gasteiger partial charge in [0.25, 0.3) is 0 Å². The third kappa shape index (κ3) is 5.36. The number of rotatable bonds is 6. The number of hydrogen-bond donors (Lipinski definition) is 1. The molecule has 0 aliphatic heterocycles. The molecule has 0 bridgehead atoms. The summed E-state index contributed by atoms with van der Waals surface area (Å²) < 4.78 is 10.3. The number of nitrogens with one attached hydrogen (secondary N) is 1. The number of carbonyl (C=O) groups excluding carboxylic acids is 1. The fraction of sp³-hybridized carbons (Fsp3) is 0.462. The van der Waals surface area contributed by atoms with Gasteiger partial charge >= 0.3 is 0 Å². The molecule has 1 amide bonds. The fourth-order valence-corrected chi connectivity index (χ4v) is 1.34. The Morgan fingerprint density at radius 2 is 2.00 bits per heavy atom. The number of ether oxygens (including phenoxy) is 2. The van der Waals surface area contributed by atoms with Crippen LogP contribution < -0.4 is 10.1 Å². The molecule has 0 spiro atoms. The van der Waals surface area contributed by atoms with Crippen LogP contribution in [0.3, 0.4) is 0 Å².